The third-order valence-electron chi connectivity index (χ3n) is 2.50. The molecule has 0 aromatic carbocycles. The van der Waals surface area contributed by atoms with E-state index in [4.69, 9.17) is 4.52 Å². The monoisotopic (exact) mass is 236 g/mol. The summed E-state index contributed by atoms with van der Waals surface area (Å²) in [6, 6.07) is 4.09. The highest BCUT2D eigenvalue weighted by molar-refractivity contribution is 7.10. The molecule has 4 heteroatoms. The molecular formula is C12H16N2OS. The molecule has 0 bridgehead atoms. The third kappa shape index (κ3) is 2.44. The average Bonchev–Trinajstić information content (AvgIpc) is 2.83. The second-order valence-electron chi connectivity index (χ2n) is 4.15. The lowest BCUT2D eigenvalue weighted by atomic mass is 10.2. The fourth-order valence-electron chi connectivity index (χ4n) is 1.40. The molecule has 0 fully saturated rings. The number of aromatic nitrogens is 1. The summed E-state index contributed by atoms with van der Waals surface area (Å²) in [7, 11) is 0. The molecule has 2 aromatic heterocycles. The molecule has 2 heterocycles. The fourth-order valence-corrected chi connectivity index (χ4v) is 2.25. The molecule has 0 aliphatic rings. The fraction of sp³-hybridized carbons (Fsp3) is 0.417. The molecule has 0 unspecified atom stereocenters. The Kier molecular flexibility index (Phi) is 3.29. The number of rotatable bonds is 4. The lowest BCUT2D eigenvalue weighted by molar-refractivity contribution is 0.373. The summed E-state index contributed by atoms with van der Waals surface area (Å²) in [6.45, 7) is 7.12. The standard InChI is InChI=1S/C12H16N2OS/c1-8(2)10-6-12(14-15-10)13-7-11-9(3)4-5-16-11/h4-6,8H,7H2,1-3H3,(H,13,14). The van der Waals surface area contributed by atoms with E-state index in [-0.39, 0.29) is 0 Å². The number of aryl methyl sites for hydroxylation is 1. The van der Waals surface area contributed by atoms with Crippen molar-refractivity contribution in [1.29, 1.82) is 0 Å². The number of hydrogen-bond donors (Lipinski definition) is 1. The predicted octanol–water partition coefficient (Wildman–Crippen LogP) is 3.78. The first-order valence-electron chi connectivity index (χ1n) is 5.40. The van der Waals surface area contributed by atoms with Gasteiger partial charge in [-0.15, -0.1) is 11.3 Å². The Bertz CT molecular complexity index is 459. The molecule has 86 valence electrons. The predicted molar refractivity (Wildman–Crippen MR) is 67.0 cm³/mol. The van der Waals surface area contributed by atoms with Gasteiger partial charge < -0.3 is 9.84 Å². The van der Waals surface area contributed by atoms with Crippen molar-refractivity contribution in [3.8, 4) is 0 Å². The van der Waals surface area contributed by atoms with Crippen LogP contribution in [0.3, 0.4) is 0 Å². The molecule has 0 saturated carbocycles. The largest absolute Gasteiger partial charge is 0.362 e. The first kappa shape index (κ1) is 11.2. The normalized spacial score (nSPS) is 11.0. The highest BCUT2D eigenvalue weighted by Gasteiger charge is 2.07. The number of nitrogens with zero attached hydrogens (tertiary/aromatic N) is 1. The topological polar surface area (TPSA) is 38.1 Å². The van der Waals surface area contributed by atoms with E-state index in [9.17, 15) is 0 Å². The number of thiophene rings is 1. The second-order valence-corrected chi connectivity index (χ2v) is 5.15. The minimum Gasteiger partial charge on any atom is -0.362 e. The van der Waals surface area contributed by atoms with Gasteiger partial charge in [-0.1, -0.05) is 19.0 Å². The minimum atomic E-state index is 0.381. The Morgan fingerprint density at radius 1 is 1.50 bits per heavy atom. The van der Waals surface area contributed by atoms with Crippen molar-refractivity contribution in [2.75, 3.05) is 5.32 Å². The molecule has 0 saturated heterocycles. The van der Waals surface area contributed by atoms with Gasteiger partial charge in [0.05, 0.1) is 6.54 Å². The number of anilines is 1. The Labute approximate surface area is 99.5 Å². The first-order valence-corrected chi connectivity index (χ1v) is 6.28. The van der Waals surface area contributed by atoms with Gasteiger partial charge in [0.2, 0.25) is 0 Å². The van der Waals surface area contributed by atoms with Gasteiger partial charge in [0, 0.05) is 16.9 Å². The van der Waals surface area contributed by atoms with Gasteiger partial charge in [-0.05, 0) is 23.9 Å². The van der Waals surface area contributed by atoms with Gasteiger partial charge in [-0.2, -0.15) is 0 Å². The lowest BCUT2D eigenvalue weighted by Crippen LogP contribution is -1.98. The Hall–Kier alpha value is -1.29. The molecule has 2 aromatic rings. The Balaban J connectivity index is 1.97. The summed E-state index contributed by atoms with van der Waals surface area (Å²) in [5, 5.41) is 9.36. The van der Waals surface area contributed by atoms with E-state index in [2.05, 4.69) is 42.7 Å². The minimum absolute atomic E-state index is 0.381. The van der Waals surface area contributed by atoms with Crippen molar-refractivity contribution in [3.63, 3.8) is 0 Å². The summed E-state index contributed by atoms with van der Waals surface area (Å²) in [5.41, 5.74) is 1.32. The van der Waals surface area contributed by atoms with Gasteiger partial charge in [0.25, 0.3) is 0 Å². The van der Waals surface area contributed by atoms with Crippen LogP contribution in [-0.2, 0) is 6.54 Å². The van der Waals surface area contributed by atoms with Gasteiger partial charge in [-0.25, -0.2) is 0 Å². The van der Waals surface area contributed by atoms with Crippen LogP contribution < -0.4 is 5.32 Å². The van der Waals surface area contributed by atoms with Gasteiger partial charge in [0.1, 0.15) is 5.76 Å². The molecule has 2 rings (SSSR count). The summed E-state index contributed by atoms with van der Waals surface area (Å²) in [6.07, 6.45) is 0. The molecular weight excluding hydrogens is 220 g/mol. The molecule has 0 aliphatic heterocycles. The van der Waals surface area contributed by atoms with Crippen LogP contribution in [0.2, 0.25) is 0 Å². The molecule has 0 radical (unpaired) electrons. The van der Waals surface area contributed by atoms with Crippen molar-refractivity contribution in [2.45, 2.75) is 33.2 Å². The van der Waals surface area contributed by atoms with Crippen molar-refractivity contribution in [2.24, 2.45) is 0 Å². The highest BCUT2D eigenvalue weighted by Crippen LogP contribution is 2.20. The summed E-state index contributed by atoms with van der Waals surface area (Å²) >= 11 is 1.76. The van der Waals surface area contributed by atoms with Crippen molar-refractivity contribution >= 4 is 17.2 Å². The maximum Gasteiger partial charge on any atom is 0.169 e. The zero-order chi connectivity index (χ0) is 11.5. The lowest BCUT2D eigenvalue weighted by Gasteiger charge is -2.00. The zero-order valence-corrected chi connectivity index (χ0v) is 10.6. The van der Waals surface area contributed by atoms with Gasteiger partial charge in [0.15, 0.2) is 5.82 Å². The van der Waals surface area contributed by atoms with Crippen LogP contribution in [0.1, 0.15) is 36.0 Å². The van der Waals surface area contributed by atoms with Crippen LogP contribution >= 0.6 is 11.3 Å². The first-order chi connectivity index (χ1) is 7.66. The van der Waals surface area contributed by atoms with E-state index in [0.29, 0.717) is 5.92 Å². The van der Waals surface area contributed by atoms with E-state index in [1.807, 2.05) is 6.07 Å². The SMILES string of the molecule is Cc1ccsc1CNc1cc(C(C)C)on1. The van der Waals surface area contributed by atoms with Crippen molar-refractivity contribution in [3.05, 3.63) is 33.7 Å². The van der Waals surface area contributed by atoms with E-state index in [1.54, 1.807) is 11.3 Å². The van der Waals surface area contributed by atoms with Crippen LogP contribution in [0.15, 0.2) is 22.0 Å². The maximum absolute atomic E-state index is 5.22. The average molecular weight is 236 g/mol. The molecule has 0 amide bonds. The Morgan fingerprint density at radius 3 is 2.88 bits per heavy atom. The van der Waals surface area contributed by atoms with Gasteiger partial charge >= 0.3 is 0 Å². The maximum atomic E-state index is 5.22. The molecule has 0 atom stereocenters. The van der Waals surface area contributed by atoms with Crippen LogP contribution in [0, 0.1) is 6.92 Å². The quantitative estimate of drug-likeness (QED) is 0.878. The van der Waals surface area contributed by atoms with Gasteiger partial charge in [-0.3, -0.25) is 0 Å². The molecule has 16 heavy (non-hydrogen) atoms. The highest BCUT2D eigenvalue weighted by atomic mass is 32.1. The van der Waals surface area contributed by atoms with Crippen LogP contribution in [-0.4, -0.2) is 5.16 Å². The van der Waals surface area contributed by atoms with E-state index >= 15 is 0 Å². The van der Waals surface area contributed by atoms with Crippen LogP contribution in [0.25, 0.3) is 0 Å². The molecule has 0 aliphatic carbocycles. The number of nitrogens with one attached hydrogen (secondary N) is 1. The molecule has 0 spiro atoms. The third-order valence-corrected chi connectivity index (χ3v) is 3.52. The van der Waals surface area contributed by atoms with E-state index < -0.39 is 0 Å². The molecule has 1 N–H and O–H groups in total. The van der Waals surface area contributed by atoms with E-state index in [0.717, 1.165) is 18.1 Å². The van der Waals surface area contributed by atoms with Crippen molar-refractivity contribution < 1.29 is 4.52 Å². The van der Waals surface area contributed by atoms with Crippen LogP contribution in [0.4, 0.5) is 5.82 Å². The summed E-state index contributed by atoms with van der Waals surface area (Å²) in [5.74, 6) is 2.12. The molecule has 3 nitrogen and oxygen atoms in total. The Morgan fingerprint density at radius 2 is 2.31 bits per heavy atom. The zero-order valence-electron chi connectivity index (χ0n) is 9.78. The van der Waals surface area contributed by atoms with Crippen LogP contribution in [0.5, 0.6) is 0 Å². The summed E-state index contributed by atoms with van der Waals surface area (Å²) < 4.78 is 5.22. The second kappa shape index (κ2) is 4.70. The van der Waals surface area contributed by atoms with Crippen molar-refractivity contribution in [1.82, 2.24) is 5.16 Å². The summed E-state index contributed by atoms with van der Waals surface area (Å²) in [4.78, 5) is 1.34. The number of hydrogen-bond acceptors (Lipinski definition) is 4. The smallest absolute Gasteiger partial charge is 0.169 e. The van der Waals surface area contributed by atoms with E-state index in [1.165, 1.54) is 10.4 Å².